The molecule has 0 unspecified atom stereocenters. The second-order valence-electron chi connectivity index (χ2n) is 2.73. The first-order chi connectivity index (χ1) is 7.04. The maximum absolute atomic E-state index is 13.2. The second-order valence-corrected chi connectivity index (χ2v) is 4.45. The van der Waals surface area contributed by atoms with E-state index in [4.69, 9.17) is 0 Å². The maximum Gasteiger partial charge on any atom is 0.234 e. The number of rotatable bonds is 3. The van der Waals surface area contributed by atoms with Gasteiger partial charge in [0, 0.05) is 6.07 Å². The first-order valence-corrected chi connectivity index (χ1v) is 6.16. The summed E-state index contributed by atoms with van der Waals surface area (Å²) in [5, 5.41) is 2.28. The topological polar surface area (TPSA) is 29.1 Å². The molecule has 82 valence electrons. The summed E-state index contributed by atoms with van der Waals surface area (Å²) in [5.41, 5.74) is -0.144. The number of carbonyl (C=O) groups excluding carboxylic acids is 1. The van der Waals surface area contributed by atoms with Crippen LogP contribution in [0, 0.1) is 11.6 Å². The molecule has 1 aromatic carbocycles. The number of benzene rings is 1. The minimum atomic E-state index is -0.669. The van der Waals surface area contributed by atoms with Gasteiger partial charge in [0.1, 0.15) is 11.6 Å². The van der Waals surface area contributed by atoms with Crippen LogP contribution in [-0.2, 0) is 4.79 Å². The summed E-state index contributed by atoms with van der Waals surface area (Å²) in [4.78, 5) is 11.1. The van der Waals surface area contributed by atoms with Crippen LogP contribution in [0.4, 0.5) is 14.5 Å². The molecule has 0 saturated heterocycles. The van der Waals surface area contributed by atoms with Crippen molar-refractivity contribution in [3.63, 3.8) is 0 Å². The van der Waals surface area contributed by atoms with Gasteiger partial charge in [-0.25, -0.2) is 8.78 Å². The van der Waals surface area contributed by atoms with Crippen LogP contribution in [0.5, 0.6) is 0 Å². The molecule has 2 nitrogen and oxygen atoms in total. The Bertz CT molecular complexity index is 387. The third-order valence-corrected chi connectivity index (χ3v) is 2.72. The van der Waals surface area contributed by atoms with E-state index < -0.39 is 11.6 Å². The zero-order chi connectivity index (χ0) is 11.4. The summed E-state index contributed by atoms with van der Waals surface area (Å²) < 4.78 is 26.3. The summed E-state index contributed by atoms with van der Waals surface area (Å²) >= 11 is 4.15. The highest BCUT2D eigenvalue weighted by atomic mass is 79.9. The molecular formula is C9H8BrF2NOS. The lowest BCUT2D eigenvalue weighted by Gasteiger charge is -2.06. The molecule has 1 aromatic rings. The number of hydrogen-bond acceptors (Lipinski definition) is 2. The number of halogens is 3. The fourth-order valence-electron chi connectivity index (χ4n) is 0.936. The molecule has 1 rings (SSSR count). The Morgan fingerprint density at radius 1 is 1.47 bits per heavy atom. The van der Waals surface area contributed by atoms with Crippen LogP contribution in [0.25, 0.3) is 0 Å². The molecular weight excluding hydrogens is 288 g/mol. The van der Waals surface area contributed by atoms with Gasteiger partial charge in [-0.15, -0.1) is 0 Å². The van der Waals surface area contributed by atoms with Gasteiger partial charge < -0.3 is 5.32 Å². The van der Waals surface area contributed by atoms with E-state index in [-0.39, 0.29) is 21.8 Å². The molecule has 0 spiro atoms. The van der Waals surface area contributed by atoms with Crippen molar-refractivity contribution < 1.29 is 13.6 Å². The fraction of sp³-hybridized carbons (Fsp3) is 0.222. The zero-order valence-corrected chi connectivity index (χ0v) is 10.2. The molecule has 1 amide bonds. The van der Waals surface area contributed by atoms with Gasteiger partial charge in [-0.3, -0.25) is 4.79 Å². The zero-order valence-electron chi connectivity index (χ0n) is 7.81. The first-order valence-electron chi connectivity index (χ1n) is 3.98. The predicted octanol–water partition coefficient (Wildman–Crippen LogP) is 3.03. The van der Waals surface area contributed by atoms with E-state index in [1.165, 1.54) is 11.8 Å². The number of hydrogen-bond donors (Lipinski definition) is 1. The number of amides is 1. The average molecular weight is 296 g/mol. The Labute approximate surface area is 98.6 Å². The van der Waals surface area contributed by atoms with Crippen molar-refractivity contribution in [2.24, 2.45) is 0 Å². The molecule has 0 heterocycles. The number of carbonyl (C=O) groups is 1. The molecule has 0 bridgehead atoms. The van der Waals surface area contributed by atoms with Gasteiger partial charge in [0.2, 0.25) is 5.91 Å². The van der Waals surface area contributed by atoms with Crippen LogP contribution in [0.3, 0.4) is 0 Å². The van der Waals surface area contributed by atoms with E-state index in [0.717, 1.165) is 12.1 Å². The van der Waals surface area contributed by atoms with E-state index in [1.54, 1.807) is 6.26 Å². The molecule has 1 N–H and O–H groups in total. The van der Waals surface area contributed by atoms with Crippen molar-refractivity contribution in [2.75, 3.05) is 17.3 Å². The highest BCUT2D eigenvalue weighted by molar-refractivity contribution is 9.10. The maximum atomic E-state index is 13.2. The van der Waals surface area contributed by atoms with E-state index in [9.17, 15) is 13.6 Å². The summed E-state index contributed by atoms with van der Waals surface area (Å²) in [7, 11) is 0. The monoisotopic (exact) mass is 295 g/mol. The lowest BCUT2D eigenvalue weighted by Crippen LogP contribution is -2.15. The molecule has 0 aliphatic carbocycles. The Hall–Kier alpha value is -0.620. The highest BCUT2D eigenvalue weighted by Crippen LogP contribution is 2.23. The van der Waals surface area contributed by atoms with Gasteiger partial charge >= 0.3 is 0 Å². The third kappa shape index (κ3) is 3.46. The normalized spacial score (nSPS) is 10.1. The number of thioether (sulfide) groups is 1. The number of anilines is 1. The second kappa shape index (κ2) is 5.46. The van der Waals surface area contributed by atoms with Gasteiger partial charge in [-0.2, -0.15) is 11.8 Å². The van der Waals surface area contributed by atoms with Crippen LogP contribution < -0.4 is 5.32 Å². The van der Waals surface area contributed by atoms with E-state index in [2.05, 4.69) is 21.2 Å². The van der Waals surface area contributed by atoms with E-state index in [0.29, 0.717) is 0 Å². The van der Waals surface area contributed by atoms with Crippen LogP contribution in [0.2, 0.25) is 0 Å². The lowest BCUT2D eigenvalue weighted by molar-refractivity contribution is -0.113. The minimum Gasteiger partial charge on any atom is -0.323 e. The predicted molar refractivity (Wildman–Crippen MR) is 61.1 cm³/mol. The lowest BCUT2D eigenvalue weighted by atomic mass is 10.3. The number of nitrogens with one attached hydrogen (secondary N) is 1. The van der Waals surface area contributed by atoms with Gasteiger partial charge in [0.15, 0.2) is 0 Å². The van der Waals surface area contributed by atoms with Gasteiger partial charge in [0.05, 0.1) is 15.9 Å². The Balaban J connectivity index is 2.86. The summed E-state index contributed by atoms with van der Waals surface area (Å²) in [5.74, 6) is -1.44. The molecule has 0 saturated carbocycles. The SMILES string of the molecule is CSCC(=O)Nc1cc(F)c(Br)cc1F. The van der Waals surface area contributed by atoms with Gasteiger partial charge in [-0.05, 0) is 28.3 Å². The van der Waals surface area contributed by atoms with Gasteiger partial charge in [0.25, 0.3) is 0 Å². The van der Waals surface area contributed by atoms with Crippen LogP contribution >= 0.6 is 27.7 Å². The summed E-state index contributed by atoms with van der Waals surface area (Å²) in [6.45, 7) is 0. The largest absolute Gasteiger partial charge is 0.323 e. The van der Waals surface area contributed by atoms with Crippen LogP contribution in [0.1, 0.15) is 0 Å². The molecule has 6 heteroatoms. The molecule has 15 heavy (non-hydrogen) atoms. The average Bonchev–Trinajstić information content (AvgIpc) is 2.14. The molecule has 0 atom stereocenters. The van der Waals surface area contributed by atoms with Crippen molar-refractivity contribution in [2.45, 2.75) is 0 Å². The van der Waals surface area contributed by atoms with Crippen molar-refractivity contribution in [3.8, 4) is 0 Å². The van der Waals surface area contributed by atoms with Crippen molar-refractivity contribution in [1.29, 1.82) is 0 Å². The van der Waals surface area contributed by atoms with Crippen LogP contribution in [-0.4, -0.2) is 17.9 Å². The smallest absolute Gasteiger partial charge is 0.234 e. The Morgan fingerprint density at radius 3 is 2.73 bits per heavy atom. The standard InChI is InChI=1S/C9H8BrF2NOS/c1-15-4-9(14)13-8-3-6(11)5(10)2-7(8)12/h2-3H,4H2,1H3,(H,13,14). The Kier molecular flexibility index (Phi) is 4.53. The summed E-state index contributed by atoms with van der Waals surface area (Å²) in [6, 6.07) is 1.92. The molecule has 0 aromatic heterocycles. The quantitative estimate of drug-likeness (QED) is 0.869. The first kappa shape index (κ1) is 12.4. The van der Waals surface area contributed by atoms with E-state index in [1.807, 2.05) is 0 Å². The van der Waals surface area contributed by atoms with Crippen molar-refractivity contribution in [1.82, 2.24) is 0 Å². The molecule has 0 aliphatic rings. The molecule has 0 radical (unpaired) electrons. The minimum absolute atomic E-state index is 0.0304. The fourth-order valence-corrected chi connectivity index (χ4v) is 1.59. The van der Waals surface area contributed by atoms with Gasteiger partial charge in [-0.1, -0.05) is 0 Å². The van der Waals surface area contributed by atoms with Crippen LogP contribution in [0.15, 0.2) is 16.6 Å². The highest BCUT2D eigenvalue weighted by Gasteiger charge is 2.10. The third-order valence-electron chi connectivity index (χ3n) is 1.56. The molecule has 0 aliphatic heterocycles. The molecule has 0 fully saturated rings. The Morgan fingerprint density at radius 2 is 2.13 bits per heavy atom. The van der Waals surface area contributed by atoms with Crippen molar-refractivity contribution in [3.05, 3.63) is 28.2 Å². The van der Waals surface area contributed by atoms with E-state index >= 15 is 0 Å². The van der Waals surface area contributed by atoms with Crippen molar-refractivity contribution >= 4 is 39.3 Å². The summed E-state index contributed by atoms with van der Waals surface area (Å²) in [6.07, 6.45) is 1.75.